The molecule has 6 nitrogen and oxygen atoms in total. The molecule has 0 atom stereocenters. The lowest BCUT2D eigenvalue weighted by Gasteiger charge is -2.08. The van der Waals surface area contributed by atoms with Crippen LogP contribution < -0.4 is 15.2 Å². The van der Waals surface area contributed by atoms with E-state index in [4.69, 9.17) is 15.2 Å². The van der Waals surface area contributed by atoms with Crippen LogP contribution in [0.15, 0.2) is 42.5 Å². The average molecular weight is 274 g/mol. The van der Waals surface area contributed by atoms with E-state index >= 15 is 0 Å². The molecule has 0 saturated heterocycles. The molecule has 0 bridgehead atoms. The van der Waals surface area contributed by atoms with Gasteiger partial charge in [-0.1, -0.05) is 12.1 Å². The molecule has 0 aromatic heterocycles. The molecule has 0 aliphatic carbocycles. The van der Waals surface area contributed by atoms with Crippen LogP contribution in [-0.4, -0.2) is 12.0 Å². The van der Waals surface area contributed by atoms with Gasteiger partial charge >= 0.3 is 5.69 Å². The number of nitro groups is 1. The first kappa shape index (κ1) is 13.7. The summed E-state index contributed by atoms with van der Waals surface area (Å²) in [6, 6.07) is 11.6. The molecule has 0 radical (unpaired) electrons. The first-order valence-corrected chi connectivity index (χ1v) is 5.90. The molecule has 104 valence electrons. The molecule has 2 rings (SSSR count). The minimum Gasteiger partial charge on any atom is -0.496 e. The molecular weight excluding hydrogens is 260 g/mol. The van der Waals surface area contributed by atoms with Crippen molar-refractivity contribution in [2.45, 2.75) is 6.61 Å². The molecule has 2 aromatic carbocycles. The highest BCUT2D eigenvalue weighted by molar-refractivity contribution is 5.51. The van der Waals surface area contributed by atoms with E-state index in [0.29, 0.717) is 11.4 Å². The third kappa shape index (κ3) is 3.17. The lowest BCUT2D eigenvalue weighted by atomic mass is 10.2. The number of nitrogens with zero attached hydrogens (tertiary/aromatic N) is 1. The van der Waals surface area contributed by atoms with Gasteiger partial charge in [-0.25, -0.2) is 0 Å². The predicted octanol–water partition coefficient (Wildman–Crippen LogP) is 2.76. The highest BCUT2D eigenvalue weighted by atomic mass is 16.6. The van der Waals surface area contributed by atoms with E-state index in [9.17, 15) is 10.1 Å². The van der Waals surface area contributed by atoms with Gasteiger partial charge in [-0.15, -0.1) is 0 Å². The van der Waals surface area contributed by atoms with Crippen LogP contribution in [0.4, 0.5) is 11.4 Å². The molecule has 6 heteroatoms. The van der Waals surface area contributed by atoms with Crippen LogP contribution in [0.5, 0.6) is 11.5 Å². The van der Waals surface area contributed by atoms with Gasteiger partial charge in [-0.2, -0.15) is 0 Å². The van der Waals surface area contributed by atoms with Gasteiger partial charge in [0.05, 0.1) is 18.1 Å². The first-order valence-electron chi connectivity index (χ1n) is 5.90. The Morgan fingerprint density at radius 3 is 2.70 bits per heavy atom. The molecule has 0 saturated carbocycles. The molecule has 0 spiro atoms. The minimum atomic E-state index is -0.503. The maximum atomic E-state index is 11.0. The van der Waals surface area contributed by atoms with Gasteiger partial charge in [0.25, 0.3) is 0 Å². The van der Waals surface area contributed by atoms with Crippen LogP contribution in [0.2, 0.25) is 0 Å². The summed E-state index contributed by atoms with van der Waals surface area (Å²) in [5.41, 5.74) is 7.00. The molecule has 0 fully saturated rings. The number of benzene rings is 2. The second kappa shape index (κ2) is 5.92. The Kier molecular flexibility index (Phi) is 4.05. The van der Waals surface area contributed by atoms with Gasteiger partial charge in [0.2, 0.25) is 0 Å². The van der Waals surface area contributed by atoms with Crippen LogP contribution in [0.25, 0.3) is 0 Å². The Bertz CT molecular complexity index is 628. The number of nitro benzene ring substituents is 1. The normalized spacial score (nSPS) is 10.1. The topological polar surface area (TPSA) is 87.6 Å². The second-order valence-corrected chi connectivity index (χ2v) is 4.12. The molecule has 0 heterocycles. The van der Waals surface area contributed by atoms with Gasteiger partial charge in [0, 0.05) is 5.69 Å². The summed E-state index contributed by atoms with van der Waals surface area (Å²) in [6.07, 6.45) is 0. The number of hydrogen-bond acceptors (Lipinski definition) is 5. The summed E-state index contributed by atoms with van der Waals surface area (Å²) in [5, 5.41) is 11.0. The maximum absolute atomic E-state index is 11.0. The highest BCUT2D eigenvalue weighted by Crippen LogP contribution is 2.31. The van der Waals surface area contributed by atoms with Gasteiger partial charge in [-0.05, 0) is 29.8 Å². The number of ether oxygens (including phenoxy) is 2. The molecule has 0 unspecified atom stereocenters. The zero-order chi connectivity index (χ0) is 14.5. The quantitative estimate of drug-likeness (QED) is 0.514. The van der Waals surface area contributed by atoms with Crippen molar-refractivity contribution in [2.75, 3.05) is 12.8 Å². The van der Waals surface area contributed by atoms with Crippen molar-refractivity contribution in [3.63, 3.8) is 0 Å². The van der Waals surface area contributed by atoms with E-state index in [2.05, 4.69) is 0 Å². The van der Waals surface area contributed by atoms with Gasteiger partial charge in [0.15, 0.2) is 5.75 Å². The summed E-state index contributed by atoms with van der Waals surface area (Å²) in [7, 11) is 1.45. The van der Waals surface area contributed by atoms with Gasteiger partial charge < -0.3 is 15.2 Å². The summed E-state index contributed by atoms with van der Waals surface area (Å²) >= 11 is 0. The van der Waals surface area contributed by atoms with Crippen LogP contribution in [0.3, 0.4) is 0 Å². The number of anilines is 1. The average Bonchev–Trinajstić information content (AvgIpc) is 2.45. The van der Waals surface area contributed by atoms with Crippen LogP contribution in [0, 0.1) is 10.1 Å². The standard InChI is InChI=1S/C14H14N2O4/c1-19-12-5-6-14(13(8-12)16(17)18)20-9-10-3-2-4-11(15)7-10/h2-8H,9,15H2,1H3. The molecular formula is C14H14N2O4. The van der Waals surface area contributed by atoms with E-state index in [-0.39, 0.29) is 18.0 Å². The Morgan fingerprint density at radius 1 is 1.25 bits per heavy atom. The molecule has 0 aliphatic heterocycles. The molecule has 2 N–H and O–H groups in total. The number of rotatable bonds is 5. The Morgan fingerprint density at radius 2 is 2.05 bits per heavy atom. The van der Waals surface area contributed by atoms with E-state index in [0.717, 1.165) is 5.56 Å². The minimum absolute atomic E-state index is 0.131. The van der Waals surface area contributed by atoms with Crippen molar-refractivity contribution >= 4 is 11.4 Å². The number of methoxy groups -OCH3 is 1. The van der Waals surface area contributed by atoms with Gasteiger partial charge in [0.1, 0.15) is 12.4 Å². The highest BCUT2D eigenvalue weighted by Gasteiger charge is 2.16. The molecule has 20 heavy (non-hydrogen) atoms. The number of nitrogens with two attached hydrogens (primary N) is 1. The second-order valence-electron chi connectivity index (χ2n) is 4.12. The van der Waals surface area contributed by atoms with Crippen molar-refractivity contribution in [2.24, 2.45) is 0 Å². The van der Waals surface area contributed by atoms with E-state index in [1.807, 2.05) is 6.07 Å². The van der Waals surface area contributed by atoms with Crippen molar-refractivity contribution < 1.29 is 14.4 Å². The monoisotopic (exact) mass is 274 g/mol. The third-order valence-electron chi connectivity index (χ3n) is 2.71. The largest absolute Gasteiger partial charge is 0.496 e. The van der Waals surface area contributed by atoms with Crippen LogP contribution >= 0.6 is 0 Å². The van der Waals surface area contributed by atoms with Crippen LogP contribution in [-0.2, 0) is 6.61 Å². The maximum Gasteiger partial charge on any atom is 0.314 e. The smallest absolute Gasteiger partial charge is 0.314 e. The number of hydrogen-bond donors (Lipinski definition) is 1. The predicted molar refractivity (Wildman–Crippen MR) is 74.8 cm³/mol. The van der Waals surface area contributed by atoms with Crippen molar-refractivity contribution in [1.29, 1.82) is 0 Å². The number of nitrogen functional groups attached to an aromatic ring is 1. The molecule has 0 aliphatic rings. The van der Waals surface area contributed by atoms with E-state index in [1.54, 1.807) is 24.3 Å². The molecule has 0 amide bonds. The fourth-order valence-electron chi connectivity index (χ4n) is 1.73. The summed E-state index contributed by atoms with van der Waals surface area (Å²) < 4.78 is 10.4. The summed E-state index contributed by atoms with van der Waals surface area (Å²) in [6.45, 7) is 0.207. The van der Waals surface area contributed by atoms with Crippen LogP contribution in [0.1, 0.15) is 5.56 Å². The summed E-state index contributed by atoms with van der Waals surface area (Å²) in [4.78, 5) is 10.5. The van der Waals surface area contributed by atoms with E-state index < -0.39 is 4.92 Å². The fraction of sp³-hybridized carbons (Fsp3) is 0.143. The SMILES string of the molecule is COc1ccc(OCc2cccc(N)c2)c([N+](=O)[O-])c1. The Hall–Kier alpha value is -2.76. The van der Waals surface area contributed by atoms with Crippen molar-refractivity contribution in [1.82, 2.24) is 0 Å². The summed E-state index contributed by atoms with van der Waals surface area (Å²) in [5.74, 6) is 0.603. The van der Waals surface area contributed by atoms with Crippen molar-refractivity contribution in [3.05, 3.63) is 58.1 Å². The lowest BCUT2D eigenvalue weighted by molar-refractivity contribution is -0.386. The Balaban J connectivity index is 2.18. The van der Waals surface area contributed by atoms with Crippen molar-refractivity contribution in [3.8, 4) is 11.5 Å². The Labute approximate surface area is 115 Å². The fourth-order valence-corrected chi connectivity index (χ4v) is 1.73. The zero-order valence-electron chi connectivity index (χ0n) is 10.9. The van der Waals surface area contributed by atoms with E-state index in [1.165, 1.54) is 19.2 Å². The third-order valence-corrected chi connectivity index (χ3v) is 2.71. The first-order chi connectivity index (χ1) is 9.60. The lowest BCUT2D eigenvalue weighted by Crippen LogP contribution is -2.00. The molecule has 2 aromatic rings. The van der Waals surface area contributed by atoms with Gasteiger partial charge in [-0.3, -0.25) is 10.1 Å². The zero-order valence-corrected chi connectivity index (χ0v) is 10.9.